The molecule has 2 rings (SSSR count). The van der Waals surface area contributed by atoms with E-state index in [2.05, 4.69) is 11.7 Å². The van der Waals surface area contributed by atoms with Crippen molar-refractivity contribution in [2.45, 2.75) is 38.9 Å². The fourth-order valence-corrected chi connectivity index (χ4v) is 2.93. The number of ether oxygens (including phenoxy) is 1. The van der Waals surface area contributed by atoms with Crippen LogP contribution >= 0.6 is 0 Å². The van der Waals surface area contributed by atoms with E-state index in [1.165, 1.54) is 0 Å². The highest BCUT2D eigenvalue weighted by Gasteiger charge is 2.47. The lowest BCUT2D eigenvalue weighted by atomic mass is 9.91. The van der Waals surface area contributed by atoms with Gasteiger partial charge in [-0.15, -0.1) is 0 Å². The summed E-state index contributed by atoms with van der Waals surface area (Å²) in [4.78, 5) is 0. The predicted molar refractivity (Wildman–Crippen MR) is 40.9 cm³/mol. The molecule has 0 spiro atoms. The summed E-state index contributed by atoms with van der Waals surface area (Å²) in [6, 6.07) is 0. The van der Waals surface area contributed by atoms with E-state index in [0.29, 0.717) is 17.8 Å². The first-order chi connectivity index (χ1) is 5.68. The molecule has 2 aliphatic rings. The van der Waals surface area contributed by atoms with Crippen LogP contribution in [-0.4, -0.2) is 12.7 Å². The van der Waals surface area contributed by atoms with Gasteiger partial charge in [0.1, 0.15) is 0 Å². The molecular formula is C9H14F2O. The maximum absolute atomic E-state index is 12.0. The molecule has 0 N–H and O–H groups in total. The molecule has 2 aliphatic carbocycles. The normalized spacial score (nSPS) is 46.0. The molecule has 4 unspecified atom stereocenters. The molecule has 0 aromatic heterocycles. The minimum absolute atomic E-state index is 0.139. The van der Waals surface area contributed by atoms with Gasteiger partial charge in [-0.05, 0) is 37.0 Å². The van der Waals surface area contributed by atoms with Crippen LogP contribution in [0.4, 0.5) is 8.78 Å². The number of halogens is 2. The molecule has 4 atom stereocenters. The van der Waals surface area contributed by atoms with Crippen molar-refractivity contribution in [2.75, 3.05) is 0 Å². The minimum Gasteiger partial charge on any atom is -0.319 e. The Morgan fingerprint density at radius 3 is 2.50 bits per heavy atom. The second-order valence-electron chi connectivity index (χ2n) is 4.08. The molecule has 1 nitrogen and oxygen atoms in total. The fourth-order valence-electron chi connectivity index (χ4n) is 2.93. The standard InChI is InChI=1S/C9H14F2O/c1-5-4-6-2-3-7(5)8(6)12-9(10)11/h5-9H,2-4H2,1H3. The zero-order valence-electron chi connectivity index (χ0n) is 7.17. The lowest BCUT2D eigenvalue weighted by molar-refractivity contribution is -0.174. The first-order valence-corrected chi connectivity index (χ1v) is 4.62. The predicted octanol–water partition coefficient (Wildman–Crippen LogP) is 2.66. The molecule has 0 radical (unpaired) electrons. The van der Waals surface area contributed by atoms with Crippen molar-refractivity contribution in [3.63, 3.8) is 0 Å². The number of fused-ring (bicyclic) bond motifs is 2. The van der Waals surface area contributed by atoms with Gasteiger partial charge in [0, 0.05) is 0 Å². The topological polar surface area (TPSA) is 9.23 Å². The van der Waals surface area contributed by atoms with Gasteiger partial charge in [-0.3, -0.25) is 0 Å². The van der Waals surface area contributed by atoms with Gasteiger partial charge in [0.25, 0.3) is 0 Å². The van der Waals surface area contributed by atoms with Crippen molar-refractivity contribution in [3.8, 4) is 0 Å². The molecule has 0 heterocycles. The van der Waals surface area contributed by atoms with Gasteiger partial charge in [-0.1, -0.05) is 6.92 Å². The quantitative estimate of drug-likeness (QED) is 0.628. The van der Waals surface area contributed by atoms with Gasteiger partial charge in [0.05, 0.1) is 6.10 Å². The Kier molecular flexibility index (Phi) is 2.07. The Balaban J connectivity index is 1.99. The van der Waals surface area contributed by atoms with Crippen LogP contribution in [0.25, 0.3) is 0 Å². The van der Waals surface area contributed by atoms with E-state index in [1.807, 2.05) is 0 Å². The van der Waals surface area contributed by atoms with Crippen molar-refractivity contribution in [1.29, 1.82) is 0 Å². The summed E-state index contributed by atoms with van der Waals surface area (Å²) < 4.78 is 28.6. The monoisotopic (exact) mass is 176 g/mol. The zero-order chi connectivity index (χ0) is 8.72. The highest BCUT2D eigenvalue weighted by Crippen LogP contribution is 2.50. The second-order valence-corrected chi connectivity index (χ2v) is 4.08. The van der Waals surface area contributed by atoms with E-state index in [9.17, 15) is 8.78 Å². The van der Waals surface area contributed by atoms with Crippen LogP contribution in [0.5, 0.6) is 0 Å². The molecule has 0 aliphatic heterocycles. The Hall–Kier alpha value is -0.180. The largest absolute Gasteiger partial charge is 0.345 e. The Morgan fingerprint density at radius 1 is 1.33 bits per heavy atom. The average molecular weight is 176 g/mol. The van der Waals surface area contributed by atoms with Crippen molar-refractivity contribution in [3.05, 3.63) is 0 Å². The van der Waals surface area contributed by atoms with Crippen LogP contribution in [0.1, 0.15) is 26.2 Å². The molecule has 2 bridgehead atoms. The number of hydrogen-bond acceptors (Lipinski definition) is 1. The van der Waals surface area contributed by atoms with Gasteiger partial charge < -0.3 is 4.74 Å². The van der Waals surface area contributed by atoms with E-state index < -0.39 is 6.61 Å². The van der Waals surface area contributed by atoms with Crippen molar-refractivity contribution >= 4 is 0 Å². The summed E-state index contributed by atoms with van der Waals surface area (Å²) in [6.45, 7) is -0.436. The number of alkyl halides is 2. The Morgan fingerprint density at radius 2 is 2.08 bits per heavy atom. The molecular weight excluding hydrogens is 162 g/mol. The lowest BCUT2D eigenvalue weighted by Gasteiger charge is -2.17. The maximum atomic E-state index is 12.0. The molecule has 0 aromatic carbocycles. The third-order valence-corrected chi connectivity index (χ3v) is 3.42. The van der Waals surface area contributed by atoms with Crippen LogP contribution in [0, 0.1) is 17.8 Å². The molecule has 2 fully saturated rings. The Labute approximate surface area is 71.1 Å². The summed E-state index contributed by atoms with van der Waals surface area (Å²) in [5.41, 5.74) is 0. The molecule has 0 amide bonds. The van der Waals surface area contributed by atoms with Crippen LogP contribution in [0.3, 0.4) is 0 Å². The van der Waals surface area contributed by atoms with Crippen LogP contribution in [0.15, 0.2) is 0 Å². The van der Waals surface area contributed by atoms with Gasteiger partial charge in [0.15, 0.2) is 0 Å². The van der Waals surface area contributed by atoms with E-state index in [4.69, 9.17) is 0 Å². The first kappa shape index (κ1) is 8.42. The van der Waals surface area contributed by atoms with Crippen molar-refractivity contribution < 1.29 is 13.5 Å². The molecule has 3 heteroatoms. The molecule has 0 saturated heterocycles. The maximum Gasteiger partial charge on any atom is 0.345 e. The first-order valence-electron chi connectivity index (χ1n) is 4.62. The summed E-state index contributed by atoms with van der Waals surface area (Å²) >= 11 is 0. The molecule has 12 heavy (non-hydrogen) atoms. The fraction of sp³-hybridized carbons (Fsp3) is 1.00. The minimum atomic E-state index is -2.58. The van der Waals surface area contributed by atoms with Gasteiger partial charge in [0.2, 0.25) is 0 Å². The molecule has 2 saturated carbocycles. The summed E-state index contributed by atoms with van der Waals surface area (Å²) in [5, 5.41) is 0. The number of rotatable bonds is 2. The van der Waals surface area contributed by atoms with E-state index >= 15 is 0 Å². The average Bonchev–Trinajstić information content (AvgIpc) is 2.44. The SMILES string of the molecule is CC1CC2CCC1C2OC(F)F. The van der Waals surface area contributed by atoms with E-state index in [-0.39, 0.29) is 6.10 Å². The second kappa shape index (κ2) is 2.95. The van der Waals surface area contributed by atoms with Crippen molar-refractivity contribution in [2.24, 2.45) is 17.8 Å². The molecule has 0 aromatic rings. The number of hydrogen-bond donors (Lipinski definition) is 0. The highest BCUT2D eigenvalue weighted by atomic mass is 19.3. The summed E-state index contributed by atoms with van der Waals surface area (Å²) in [7, 11) is 0. The highest BCUT2D eigenvalue weighted by molar-refractivity contribution is 4.96. The van der Waals surface area contributed by atoms with Gasteiger partial charge >= 0.3 is 6.61 Å². The van der Waals surface area contributed by atoms with E-state index in [1.54, 1.807) is 0 Å². The summed E-state index contributed by atoms with van der Waals surface area (Å²) in [6.07, 6.45) is 3.12. The molecule has 70 valence electrons. The van der Waals surface area contributed by atoms with Crippen LogP contribution < -0.4 is 0 Å². The smallest absolute Gasteiger partial charge is 0.319 e. The lowest BCUT2D eigenvalue weighted by Crippen LogP contribution is -2.22. The zero-order valence-corrected chi connectivity index (χ0v) is 7.17. The summed E-state index contributed by atoms with van der Waals surface area (Å²) in [5.74, 6) is 1.41. The third-order valence-electron chi connectivity index (χ3n) is 3.42. The third kappa shape index (κ3) is 1.24. The van der Waals surface area contributed by atoms with E-state index in [0.717, 1.165) is 19.3 Å². The van der Waals surface area contributed by atoms with Crippen LogP contribution in [-0.2, 0) is 4.74 Å². The van der Waals surface area contributed by atoms with Gasteiger partial charge in [-0.2, -0.15) is 8.78 Å². The Bertz CT molecular complexity index is 172. The van der Waals surface area contributed by atoms with Crippen LogP contribution in [0.2, 0.25) is 0 Å². The van der Waals surface area contributed by atoms with Gasteiger partial charge in [-0.25, -0.2) is 0 Å². The van der Waals surface area contributed by atoms with Crippen molar-refractivity contribution in [1.82, 2.24) is 0 Å².